The number of hydrogen-bond donors (Lipinski definition) is 1. The summed E-state index contributed by atoms with van der Waals surface area (Å²) in [6.07, 6.45) is 7.27. The zero-order chi connectivity index (χ0) is 17.1. The third-order valence-corrected chi connectivity index (χ3v) is 3.75. The van der Waals surface area contributed by atoms with Crippen molar-refractivity contribution in [1.29, 1.82) is 5.26 Å². The number of benzene rings is 1. The Balaban J connectivity index is 2.00. The number of hydrogen-bond acceptors (Lipinski definition) is 5. The quantitative estimate of drug-likeness (QED) is 0.861. The van der Waals surface area contributed by atoms with E-state index < -0.39 is 0 Å². The second kappa shape index (κ2) is 6.34. The molecule has 1 aliphatic heterocycles. The molecule has 2 heterocycles. The Hall–Kier alpha value is -3.46. The van der Waals surface area contributed by atoms with Crippen LogP contribution in [-0.2, 0) is 4.79 Å². The van der Waals surface area contributed by atoms with Crippen LogP contribution in [0.4, 0.5) is 0 Å². The fourth-order valence-corrected chi connectivity index (χ4v) is 2.50. The van der Waals surface area contributed by atoms with Gasteiger partial charge in [-0.15, -0.1) is 0 Å². The molecule has 6 nitrogen and oxygen atoms in total. The number of nitriles is 1. The number of rotatable bonds is 2. The number of aryl methyl sites for hydroxylation is 1. The van der Waals surface area contributed by atoms with Crippen molar-refractivity contribution in [3.63, 3.8) is 0 Å². The van der Waals surface area contributed by atoms with Crippen LogP contribution in [0, 0.1) is 18.3 Å². The van der Waals surface area contributed by atoms with Crippen molar-refractivity contribution in [2.75, 3.05) is 6.54 Å². The minimum atomic E-state index is -0.0410. The normalized spacial score (nSPS) is 13.7. The van der Waals surface area contributed by atoms with E-state index in [0.29, 0.717) is 29.1 Å². The molecule has 118 valence electrons. The maximum Gasteiger partial charge on any atom is 0.223 e. The number of allylic oxidation sites excluding steroid dienone is 3. The van der Waals surface area contributed by atoms with Crippen LogP contribution in [0.1, 0.15) is 11.1 Å². The molecule has 2 aromatic rings. The lowest BCUT2D eigenvalue weighted by molar-refractivity contribution is -0.104. The van der Waals surface area contributed by atoms with Gasteiger partial charge >= 0.3 is 0 Å². The largest absolute Gasteiger partial charge is 0.493 e. The molecule has 0 saturated heterocycles. The van der Waals surface area contributed by atoms with Crippen LogP contribution >= 0.6 is 0 Å². The monoisotopic (exact) mass is 318 g/mol. The molecule has 1 aliphatic rings. The molecule has 0 amide bonds. The predicted molar refractivity (Wildman–Crippen MR) is 89.8 cm³/mol. The highest BCUT2D eigenvalue weighted by atomic mass is 16.3. The van der Waals surface area contributed by atoms with Crippen molar-refractivity contribution in [1.82, 2.24) is 9.78 Å². The van der Waals surface area contributed by atoms with E-state index in [2.05, 4.69) is 16.2 Å². The number of aromatic hydroxyl groups is 1. The van der Waals surface area contributed by atoms with Crippen LogP contribution in [-0.4, -0.2) is 33.6 Å². The number of aromatic nitrogens is 2. The maximum absolute atomic E-state index is 10.8. The van der Waals surface area contributed by atoms with Crippen molar-refractivity contribution in [3.8, 4) is 23.1 Å². The Kier molecular flexibility index (Phi) is 4.08. The van der Waals surface area contributed by atoms with Gasteiger partial charge in [0.1, 0.15) is 6.29 Å². The number of aldehydes is 1. The zero-order valence-corrected chi connectivity index (χ0v) is 13.0. The van der Waals surface area contributed by atoms with Gasteiger partial charge in [-0.25, -0.2) is 0 Å². The molecular formula is C18H14N4O2. The van der Waals surface area contributed by atoms with E-state index in [1.165, 1.54) is 4.68 Å². The summed E-state index contributed by atoms with van der Waals surface area (Å²) in [7, 11) is 0. The van der Waals surface area contributed by atoms with E-state index in [9.17, 15) is 9.90 Å². The molecule has 1 aromatic heterocycles. The Labute approximate surface area is 138 Å². The lowest BCUT2D eigenvalue weighted by Gasteiger charge is -2.06. The Morgan fingerprint density at radius 3 is 2.88 bits per heavy atom. The minimum Gasteiger partial charge on any atom is -0.493 e. The SMILES string of the molecule is Cc1cc(C#N)ccc1-c1cnn(C2=NCC=C(C=O)C=C2)c1O. The number of carbonyl (C=O) groups is 1. The lowest BCUT2D eigenvalue weighted by atomic mass is 10.0. The minimum absolute atomic E-state index is 0.0410. The number of nitrogens with zero attached hydrogens (tertiary/aromatic N) is 4. The van der Waals surface area contributed by atoms with Crippen LogP contribution in [0.2, 0.25) is 0 Å². The first kappa shape index (κ1) is 15.4. The van der Waals surface area contributed by atoms with E-state index in [1.54, 1.807) is 42.6 Å². The van der Waals surface area contributed by atoms with Gasteiger partial charge in [0.15, 0.2) is 5.84 Å². The third kappa shape index (κ3) is 2.75. The van der Waals surface area contributed by atoms with E-state index in [0.717, 1.165) is 17.4 Å². The second-order valence-corrected chi connectivity index (χ2v) is 5.29. The molecule has 6 heteroatoms. The molecular weight excluding hydrogens is 304 g/mol. The number of carbonyl (C=O) groups excluding carboxylic acids is 1. The van der Waals surface area contributed by atoms with E-state index in [4.69, 9.17) is 5.26 Å². The molecule has 3 rings (SSSR count). The maximum atomic E-state index is 10.8. The van der Waals surface area contributed by atoms with E-state index in [1.807, 2.05) is 6.92 Å². The third-order valence-electron chi connectivity index (χ3n) is 3.75. The van der Waals surface area contributed by atoms with Crippen molar-refractivity contribution in [2.24, 2.45) is 4.99 Å². The summed E-state index contributed by atoms with van der Waals surface area (Å²) in [6.45, 7) is 2.21. The van der Waals surface area contributed by atoms with Crippen LogP contribution < -0.4 is 0 Å². The summed E-state index contributed by atoms with van der Waals surface area (Å²) in [4.78, 5) is 15.1. The van der Waals surface area contributed by atoms with Gasteiger partial charge in [0.25, 0.3) is 0 Å². The first-order chi connectivity index (χ1) is 11.6. The molecule has 0 atom stereocenters. The highest BCUT2D eigenvalue weighted by Crippen LogP contribution is 2.31. The van der Waals surface area contributed by atoms with Crippen LogP contribution in [0.25, 0.3) is 11.1 Å². The molecule has 0 aliphatic carbocycles. The van der Waals surface area contributed by atoms with Gasteiger partial charge in [0, 0.05) is 5.57 Å². The van der Waals surface area contributed by atoms with Crippen LogP contribution in [0.15, 0.2) is 53.2 Å². The Bertz CT molecular complexity index is 942. The van der Waals surface area contributed by atoms with Crippen LogP contribution in [0.5, 0.6) is 5.88 Å². The molecule has 24 heavy (non-hydrogen) atoms. The first-order valence-electron chi connectivity index (χ1n) is 7.30. The fraction of sp³-hybridized carbons (Fsp3) is 0.111. The van der Waals surface area contributed by atoms with Gasteiger partial charge in [-0.2, -0.15) is 15.0 Å². The van der Waals surface area contributed by atoms with E-state index >= 15 is 0 Å². The van der Waals surface area contributed by atoms with Gasteiger partial charge in [0.2, 0.25) is 5.88 Å². The Morgan fingerprint density at radius 1 is 1.33 bits per heavy atom. The van der Waals surface area contributed by atoms with Gasteiger partial charge in [-0.1, -0.05) is 12.1 Å². The molecule has 0 fully saturated rings. The first-order valence-corrected chi connectivity index (χ1v) is 7.30. The summed E-state index contributed by atoms with van der Waals surface area (Å²) >= 11 is 0. The molecule has 0 saturated carbocycles. The van der Waals surface area contributed by atoms with Crippen molar-refractivity contribution in [3.05, 3.63) is 59.3 Å². The van der Waals surface area contributed by atoms with Crippen molar-refractivity contribution < 1.29 is 9.90 Å². The zero-order valence-electron chi connectivity index (χ0n) is 13.0. The number of aliphatic imine (C=N–C) groups is 1. The molecule has 1 aromatic carbocycles. The van der Waals surface area contributed by atoms with E-state index in [-0.39, 0.29) is 5.88 Å². The average molecular weight is 318 g/mol. The summed E-state index contributed by atoms with van der Waals surface area (Å²) < 4.78 is 1.32. The molecule has 0 unspecified atom stereocenters. The summed E-state index contributed by atoms with van der Waals surface area (Å²) in [6, 6.07) is 7.33. The summed E-state index contributed by atoms with van der Waals surface area (Å²) in [5, 5.41) is 23.7. The van der Waals surface area contributed by atoms with Crippen molar-refractivity contribution >= 4 is 12.1 Å². The average Bonchev–Trinajstić information content (AvgIpc) is 2.82. The van der Waals surface area contributed by atoms with Gasteiger partial charge < -0.3 is 5.11 Å². The Morgan fingerprint density at radius 2 is 2.17 bits per heavy atom. The highest BCUT2D eigenvalue weighted by molar-refractivity contribution is 5.98. The standard InChI is InChI=1S/C18H14N4O2/c1-12-8-14(9-19)2-4-15(12)16-10-21-22(18(16)24)17-5-3-13(11-23)6-7-20-17/h2-6,8,10-11,24H,7H2,1H3. The van der Waals surface area contributed by atoms with Crippen LogP contribution in [0.3, 0.4) is 0 Å². The van der Waals surface area contributed by atoms with Crippen molar-refractivity contribution in [2.45, 2.75) is 6.92 Å². The second-order valence-electron chi connectivity index (χ2n) is 5.29. The predicted octanol–water partition coefficient (Wildman–Crippen LogP) is 2.38. The smallest absolute Gasteiger partial charge is 0.223 e. The molecule has 0 radical (unpaired) electrons. The highest BCUT2D eigenvalue weighted by Gasteiger charge is 2.16. The molecule has 0 bridgehead atoms. The summed E-state index contributed by atoms with van der Waals surface area (Å²) in [5.41, 5.74) is 3.31. The molecule has 1 N–H and O–H groups in total. The summed E-state index contributed by atoms with van der Waals surface area (Å²) in [5.74, 6) is 0.402. The topological polar surface area (TPSA) is 91.3 Å². The van der Waals surface area contributed by atoms with Gasteiger partial charge in [-0.3, -0.25) is 9.79 Å². The van der Waals surface area contributed by atoms with Gasteiger partial charge in [-0.05, 0) is 42.3 Å². The van der Waals surface area contributed by atoms with Gasteiger partial charge in [0.05, 0.1) is 29.9 Å². The fourth-order valence-electron chi connectivity index (χ4n) is 2.50. The lowest BCUT2D eigenvalue weighted by Crippen LogP contribution is -2.10. The molecule has 0 spiro atoms.